The molecule has 0 bridgehead atoms. The average Bonchev–Trinajstić information content (AvgIpc) is 3.04. The molecule has 0 saturated carbocycles. The van der Waals surface area contributed by atoms with Crippen molar-refractivity contribution in [2.45, 2.75) is 13.0 Å². The lowest BCUT2D eigenvalue weighted by Crippen LogP contribution is -2.24. The molecule has 2 aromatic heterocycles. The van der Waals surface area contributed by atoms with Gasteiger partial charge in [-0.05, 0) is 60.0 Å². The molecule has 114 valence electrons. The van der Waals surface area contributed by atoms with Crippen LogP contribution < -0.4 is 5.32 Å². The van der Waals surface area contributed by atoms with Gasteiger partial charge in [-0.25, -0.2) is 9.07 Å². The molecule has 1 unspecified atom stereocenters. The van der Waals surface area contributed by atoms with Crippen LogP contribution in [-0.4, -0.2) is 19.7 Å². The van der Waals surface area contributed by atoms with Crippen molar-refractivity contribution in [1.82, 2.24) is 19.7 Å². The summed E-state index contributed by atoms with van der Waals surface area (Å²) in [6, 6.07) is 10.3. The molecule has 4 rings (SSSR count). The van der Waals surface area contributed by atoms with E-state index in [2.05, 4.69) is 20.4 Å². The van der Waals surface area contributed by atoms with Gasteiger partial charge >= 0.3 is 0 Å². The third-order valence-corrected chi connectivity index (χ3v) is 4.01. The summed E-state index contributed by atoms with van der Waals surface area (Å²) in [7, 11) is 0. The first-order valence-electron chi connectivity index (χ1n) is 7.27. The van der Waals surface area contributed by atoms with E-state index in [0.717, 1.165) is 22.4 Å². The highest BCUT2D eigenvalue weighted by Crippen LogP contribution is 2.37. The van der Waals surface area contributed by atoms with E-state index in [9.17, 15) is 4.39 Å². The number of rotatable bonds is 2. The number of anilines is 1. The zero-order chi connectivity index (χ0) is 15.8. The average molecular weight is 307 g/mol. The molecule has 0 aliphatic carbocycles. The minimum atomic E-state index is -0.253. The highest BCUT2D eigenvalue weighted by molar-refractivity contribution is 5.79. The van der Waals surface area contributed by atoms with Crippen molar-refractivity contribution in [3.63, 3.8) is 0 Å². The fourth-order valence-electron chi connectivity index (χ4n) is 2.91. The summed E-state index contributed by atoms with van der Waals surface area (Å²) in [5.41, 5.74) is 4.00. The number of halogens is 1. The SMILES string of the molecule is CC1=C(c2ccc(F)cc2)Nc2ncnn2C1c1ccncc1. The van der Waals surface area contributed by atoms with Crippen LogP contribution >= 0.6 is 0 Å². The predicted molar refractivity (Wildman–Crippen MR) is 85.0 cm³/mol. The minimum Gasteiger partial charge on any atom is -0.324 e. The van der Waals surface area contributed by atoms with Crippen molar-refractivity contribution >= 4 is 11.6 Å². The Hall–Kier alpha value is -3.02. The van der Waals surface area contributed by atoms with Gasteiger partial charge in [0.25, 0.3) is 0 Å². The van der Waals surface area contributed by atoms with E-state index < -0.39 is 0 Å². The lowest BCUT2D eigenvalue weighted by molar-refractivity contribution is 0.584. The van der Waals surface area contributed by atoms with E-state index in [1.54, 1.807) is 24.5 Å². The van der Waals surface area contributed by atoms with Gasteiger partial charge in [0, 0.05) is 18.1 Å². The van der Waals surface area contributed by atoms with Crippen molar-refractivity contribution in [1.29, 1.82) is 0 Å². The molecule has 0 spiro atoms. The molecule has 23 heavy (non-hydrogen) atoms. The highest BCUT2D eigenvalue weighted by Gasteiger charge is 2.28. The van der Waals surface area contributed by atoms with E-state index >= 15 is 0 Å². The zero-order valence-electron chi connectivity index (χ0n) is 12.4. The van der Waals surface area contributed by atoms with E-state index in [1.807, 2.05) is 23.7 Å². The Bertz CT molecular complexity index is 868. The van der Waals surface area contributed by atoms with Gasteiger partial charge in [0.2, 0.25) is 5.95 Å². The Balaban J connectivity index is 1.88. The number of fused-ring (bicyclic) bond motifs is 1. The smallest absolute Gasteiger partial charge is 0.226 e. The summed E-state index contributed by atoms with van der Waals surface area (Å²) in [4.78, 5) is 8.35. The maximum atomic E-state index is 13.2. The largest absolute Gasteiger partial charge is 0.324 e. The molecule has 1 N–H and O–H groups in total. The summed E-state index contributed by atoms with van der Waals surface area (Å²) < 4.78 is 15.1. The van der Waals surface area contributed by atoms with Crippen LogP contribution in [0.5, 0.6) is 0 Å². The molecule has 0 saturated heterocycles. The molecule has 0 radical (unpaired) electrons. The second-order valence-electron chi connectivity index (χ2n) is 5.40. The molecule has 1 atom stereocenters. The summed E-state index contributed by atoms with van der Waals surface area (Å²) in [5, 5.41) is 7.63. The van der Waals surface area contributed by atoms with Crippen LogP contribution in [-0.2, 0) is 0 Å². The Kier molecular flexibility index (Phi) is 3.15. The Morgan fingerprint density at radius 2 is 1.83 bits per heavy atom. The van der Waals surface area contributed by atoms with Crippen molar-refractivity contribution < 1.29 is 4.39 Å². The number of aromatic nitrogens is 4. The molecule has 6 heteroatoms. The lowest BCUT2D eigenvalue weighted by Gasteiger charge is -2.29. The third kappa shape index (κ3) is 2.28. The number of benzene rings is 1. The van der Waals surface area contributed by atoms with E-state index in [0.29, 0.717) is 5.95 Å². The predicted octanol–water partition coefficient (Wildman–Crippen LogP) is 3.26. The molecule has 0 fully saturated rings. The summed E-state index contributed by atoms with van der Waals surface area (Å²) >= 11 is 0. The summed E-state index contributed by atoms with van der Waals surface area (Å²) in [6.07, 6.45) is 5.05. The molecule has 1 aliphatic heterocycles. The van der Waals surface area contributed by atoms with Gasteiger partial charge in [0.15, 0.2) is 0 Å². The number of nitrogens with zero attached hydrogens (tertiary/aromatic N) is 4. The van der Waals surface area contributed by atoms with Gasteiger partial charge in [-0.3, -0.25) is 4.98 Å². The van der Waals surface area contributed by atoms with Gasteiger partial charge in [0.05, 0.1) is 0 Å². The highest BCUT2D eigenvalue weighted by atomic mass is 19.1. The van der Waals surface area contributed by atoms with Crippen LogP contribution in [0.3, 0.4) is 0 Å². The van der Waals surface area contributed by atoms with Crippen molar-refractivity contribution in [3.8, 4) is 0 Å². The maximum absolute atomic E-state index is 13.2. The molecule has 3 heterocycles. The third-order valence-electron chi connectivity index (χ3n) is 4.01. The van der Waals surface area contributed by atoms with Crippen LogP contribution in [0.1, 0.15) is 24.1 Å². The molecule has 3 aromatic rings. The molecule has 5 nitrogen and oxygen atoms in total. The molecular weight excluding hydrogens is 293 g/mol. The molecular formula is C17H14FN5. The van der Waals surface area contributed by atoms with Gasteiger partial charge in [0.1, 0.15) is 18.2 Å². The monoisotopic (exact) mass is 307 g/mol. The zero-order valence-corrected chi connectivity index (χ0v) is 12.4. The van der Waals surface area contributed by atoms with Gasteiger partial charge in [-0.2, -0.15) is 10.1 Å². The van der Waals surface area contributed by atoms with Crippen LogP contribution in [0.4, 0.5) is 10.3 Å². The van der Waals surface area contributed by atoms with Crippen molar-refractivity contribution in [2.75, 3.05) is 5.32 Å². The Labute approximate surface area is 132 Å². The number of pyridine rings is 1. The molecule has 1 aromatic carbocycles. The molecule has 0 amide bonds. The van der Waals surface area contributed by atoms with E-state index in [1.165, 1.54) is 18.5 Å². The van der Waals surface area contributed by atoms with Crippen LogP contribution in [0.2, 0.25) is 0 Å². The van der Waals surface area contributed by atoms with Crippen LogP contribution in [0.25, 0.3) is 5.70 Å². The van der Waals surface area contributed by atoms with E-state index in [4.69, 9.17) is 0 Å². The van der Waals surface area contributed by atoms with Gasteiger partial charge in [-0.15, -0.1) is 0 Å². The van der Waals surface area contributed by atoms with E-state index in [-0.39, 0.29) is 11.9 Å². The Morgan fingerprint density at radius 3 is 2.57 bits per heavy atom. The summed E-state index contributed by atoms with van der Waals surface area (Å²) in [6.45, 7) is 2.04. The number of nitrogens with one attached hydrogen (secondary N) is 1. The number of hydrogen-bond acceptors (Lipinski definition) is 4. The second kappa shape index (κ2) is 5.31. The standard InChI is InChI=1S/C17H14FN5/c1-11-15(12-2-4-14(18)5-3-12)22-17-20-10-21-23(17)16(11)13-6-8-19-9-7-13/h2-10,16H,1H3,(H,20,21,22). The minimum absolute atomic E-state index is 0.0724. The fraction of sp³-hybridized carbons (Fsp3) is 0.118. The maximum Gasteiger partial charge on any atom is 0.226 e. The lowest BCUT2D eigenvalue weighted by atomic mass is 9.95. The number of hydrogen-bond donors (Lipinski definition) is 1. The first kappa shape index (κ1) is 13.6. The van der Waals surface area contributed by atoms with Crippen LogP contribution in [0.15, 0.2) is 60.7 Å². The first-order valence-corrected chi connectivity index (χ1v) is 7.27. The van der Waals surface area contributed by atoms with Gasteiger partial charge < -0.3 is 5.32 Å². The first-order chi connectivity index (χ1) is 11.2. The Morgan fingerprint density at radius 1 is 1.09 bits per heavy atom. The van der Waals surface area contributed by atoms with Gasteiger partial charge in [-0.1, -0.05) is 0 Å². The quantitative estimate of drug-likeness (QED) is 0.789. The summed E-state index contributed by atoms with van der Waals surface area (Å²) in [5.74, 6) is 0.411. The van der Waals surface area contributed by atoms with Crippen LogP contribution in [0, 0.1) is 5.82 Å². The topological polar surface area (TPSA) is 55.6 Å². The number of allylic oxidation sites excluding steroid dienone is 1. The molecule has 1 aliphatic rings. The second-order valence-corrected chi connectivity index (χ2v) is 5.40. The van der Waals surface area contributed by atoms with Crippen molar-refractivity contribution in [3.05, 3.63) is 77.6 Å². The fourth-order valence-corrected chi connectivity index (χ4v) is 2.91. The van der Waals surface area contributed by atoms with Crippen molar-refractivity contribution in [2.24, 2.45) is 0 Å². The normalized spacial score (nSPS) is 16.9.